The third-order valence-corrected chi connectivity index (χ3v) is 16.6. The maximum Gasteiger partial charge on any atom is 0.407 e. The van der Waals surface area contributed by atoms with E-state index >= 15 is 0 Å². The molecule has 4 amide bonds. The molecule has 4 aliphatic heterocycles. The molecule has 27 heteroatoms. The van der Waals surface area contributed by atoms with Crippen molar-refractivity contribution in [2.75, 3.05) is 26.3 Å². The van der Waals surface area contributed by atoms with Gasteiger partial charge in [0.05, 0.1) is 24.9 Å². The minimum Gasteiger partial charge on any atom is -0.445 e. The lowest BCUT2D eigenvalue weighted by Gasteiger charge is -2.47. The zero-order chi connectivity index (χ0) is 64.4. The second kappa shape index (κ2) is 33.6. The number of carbonyl (C=O) groups is 5. The van der Waals surface area contributed by atoms with Crippen LogP contribution in [0.4, 0.5) is 19.2 Å². The van der Waals surface area contributed by atoms with Crippen molar-refractivity contribution in [3.05, 3.63) is 144 Å². The molecule has 5 aliphatic rings. The van der Waals surface area contributed by atoms with Gasteiger partial charge >= 0.3 is 24.4 Å². The Hall–Kier alpha value is -6.93. The summed E-state index contributed by atoms with van der Waals surface area (Å²) in [7, 11) is 0. The number of alkyl carbamates (subject to hydrolysis) is 4. The lowest BCUT2D eigenvalue weighted by atomic mass is 9.74. The van der Waals surface area contributed by atoms with Crippen molar-refractivity contribution in [2.45, 2.75) is 182 Å². The number of carbonyl (C=O) groups excluding carboxylic acids is 5. The summed E-state index contributed by atoms with van der Waals surface area (Å²) in [5.41, 5.74) is 2.78. The first-order chi connectivity index (χ1) is 44.1. The predicted molar refractivity (Wildman–Crippen MR) is 315 cm³/mol. The Morgan fingerprint density at radius 3 is 1.55 bits per heavy atom. The average molecular weight is 1280 g/mol. The van der Waals surface area contributed by atoms with Gasteiger partial charge in [-0.15, -0.1) is 0 Å². The summed E-state index contributed by atoms with van der Waals surface area (Å²) in [6.45, 7) is -0.150. The fraction of sp³-hybridized carbons (Fsp3) is 0.547. The molecule has 4 aromatic rings. The second-order valence-corrected chi connectivity index (χ2v) is 23.2. The summed E-state index contributed by atoms with van der Waals surface area (Å²) >= 11 is 0. The summed E-state index contributed by atoms with van der Waals surface area (Å²) in [5, 5.41) is 89.9. The number of ether oxygens (including phenoxy) is 11. The number of benzene rings is 4. The number of aliphatic hydroxyl groups is 7. The summed E-state index contributed by atoms with van der Waals surface area (Å²) < 4.78 is 66.4. The van der Waals surface area contributed by atoms with Crippen molar-refractivity contribution in [3.8, 4) is 0 Å². The lowest BCUT2D eigenvalue weighted by Crippen LogP contribution is -2.66. The third-order valence-electron chi connectivity index (χ3n) is 16.6. The predicted octanol–water partition coefficient (Wildman–Crippen LogP) is 2.49. The molecule has 1 saturated carbocycles. The minimum absolute atomic E-state index is 0.00610. The van der Waals surface area contributed by atoms with Crippen molar-refractivity contribution in [1.82, 2.24) is 21.3 Å². The van der Waals surface area contributed by atoms with Gasteiger partial charge in [-0.1, -0.05) is 128 Å². The summed E-state index contributed by atoms with van der Waals surface area (Å²) in [6, 6.07) is 32.8. The highest BCUT2D eigenvalue weighted by atomic mass is 16.8. The quantitative estimate of drug-likeness (QED) is 0.0211. The Morgan fingerprint density at radius 2 is 1.00 bits per heavy atom. The van der Waals surface area contributed by atoms with E-state index in [4.69, 9.17) is 52.1 Å². The number of aliphatic hydroxyl groups excluding tert-OH is 7. The molecule has 0 aromatic heterocycles. The number of ketones is 1. The summed E-state index contributed by atoms with van der Waals surface area (Å²) in [6.07, 6.45) is -25.4. The average Bonchev–Trinajstić information content (AvgIpc) is 1.64. The van der Waals surface area contributed by atoms with Gasteiger partial charge in [-0.05, 0) is 66.2 Å². The van der Waals surface area contributed by atoms with Crippen LogP contribution in [0, 0.1) is 11.8 Å². The molecule has 0 bridgehead atoms. The van der Waals surface area contributed by atoms with Crippen LogP contribution in [-0.4, -0.2) is 203 Å². The van der Waals surface area contributed by atoms with Crippen LogP contribution in [-0.2, 0) is 83.3 Å². The molecule has 4 heterocycles. The molecule has 1 aliphatic carbocycles. The summed E-state index contributed by atoms with van der Waals surface area (Å²) in [4.78, 5) is 66.2. The molecule has 4 aromatic carbocycles. The number of epoxide rings is 1. The van der Waals surface area contributed by atoms with Crippen LogP contribution < -0.4 is 21.3 Å². The van der Waals surface area contributed by atoms with Crippen LogP contribution in [0.2, 0.25) is 0 Å². The first-order valence-electron chi connectivity index (χ1n) is 30.6. The van der Waals surface area contributed by atoms with Gasteiger partial charge in [0.15, 0.2) is 24.7 Å². The standard InChI is InChI=1S/C64H82N4O23/c1-36-28-41(29-43(72)42(71)25-26-65-61(77)81-32-37-16-6-2-7-17-37)49(73)57(53(36)89-59-48(56-55(88-56)44(85-59)24-14-15-27-69)68-64(80)84-35-40-22-12-5-13-23-40)91-60-52(76)54(46(31-70)87-60)90-58-47(67-63(79)83-34-39-20-10-4-11-21-39)51(75)50(74)45(86-58)30-66-62(78)82-33-38-18-8-3-9-19-38/h2-13,16-23,36,41-42,44-60,69-71,73-76H,14-15,24-35H2,1H3,(H,65,77)(H,66,78)(H,67,79)(H,68,80)/t36-,41-,42-,44+,45-,46+,47+,48+,49-,50+,51+,52+,53+,54+,55-,56+,57+,58+,59+,60-/m0/s1. The summed E-state index contributed by atoms with van der Waals surface area (Å²) in [5.74, 6) is -2.29. The van der Waals surface area contributed by atoms with E-state index in [1.807, 2.05) is 12.1 Å². The molecule has 20 atom stereocenters. The normalized spacial score (nSPS) is 31.2. The van der Waals surface area contributed by atoms with Crippen LogP contribution in [0.25, 0.3) is 0 Å². The van der Waals surface area contributed by atoms with Gasteiger partial charge in [-0.25, -0.2) is 19.2 Å². The Balaban J connectivity index is 0.934. The number of unbranched alkanes of at least 4 members (excludes halogenated alkanes) is 1. The van der Waals surface area contributed by atoms with E-state index < -0.39 is 172 Å². The number of hydrogen-bond acceptors (Lipinski definition) is 23. The van der Waals surface area contributed by atoms with E-state index in [1.165, 1.54) is 0 Å². The van der Waals surface area contributed by atoms with Gasteiger partial charge < -0.3 is 109 Å². The van der Waals surface area contributed by atoms with Gasteiger partial charge in [-0.2, -0.15) is 0 Å². The van der Waals surface area contributed by atoms with E-state index in [0.29, 0.717) is 30.4 Å². The number of fused-ring (bicyclic) bond motifs is 1. The van der Waals surface area contributed by atoms with Crippen LogP contribution in [0.15, 0.2) is 121 Å². The highest BCUT2D eigenvalue weighted by molar-refractivity contribution is 5.83. The molecule has 9 rings (SSSR count). The Kier molecular flexibility index (Phi) is 25.3. The van der Waals surface area contributed by atoms with E-state index in [1.54, 1.807) is 116 Å². The molecule has 91 heavy (non-hydrogen) atoms. The molecule has 0 unspecified atom stereocenters. The maximum atomic E-state index is 13.9. The SMILES string of the molecule is C[C@H]1C[C@@H](CC(=O)[C@@H](O)CCNC(=O)OCc2ccccc2)[C@H](O)[C@@H](O[C@@H]2O[C@H](CO)[C@@H](O[C@H]3O[C@@H](CNC(=O)OCc4ccccc4)[C@@H](O)[C@H](O)[C@H]3NC(=O)OCc3ccccc3)[C@H]2O)[C@@H]1O[C@H]1O[C@H](CCCCO)[C@@H]2O[C@@H]2[C@H]1NC(=O)OCc1ccccc1. The lowest BCUT2D eigenvalue weighted by molar-refractivity contribution is -0.297. The smallest absolute Gasteiger partial charge is 0.407 e. The Labute approximate surface area is 525 Å². The van der Waals surface area contributed by atoms with E-state index in [-0.39, 0.29) is 52.4 Å². The number of hydrogen-bond donors (Lipinski definition) is 11. The van der Waals surface area contributed by atoms with Crippen LogP contribution in [0.5, 0.6) is 0 Å². The molecule has 5 fully saturated rings. The Morgan fingerprint density at radius 1 is 0.516 bits per heavy atom. The van der Waals surface area contributed by atoms with Gasteiger partial charge in [-0.3, -0.25) is 4.79 Å². The van der Waals surface area contributed by atoms with Crippen molar-refractivity contribution in [3.63, 3.8) is 0 Å². The maximum absolute atomic E-state index is 13.9. The van der Waals surface area contributed by atoms with Crippen molar-refractivity contribution in [1.29, 1.82) is 0 Å². The van der Waals surface area contributed by atoms with Crippen LogP contribution >= 0.6 is 0 Å². The molecular formula is C64H82N4O23. The third kappa shape index (κ3) is 19.1. The molecule has 496 valence electrons. The monoisotopic (exact) mass is 1270 g/mol. The van der Waals surface area contributed by atoms with E-state index in [0.717, 1.165) is 11.1 Å². The molecule has 11 N–H and O–H groups in total. The molecule has 0 radical (unpaired) electrons. The fourth-order valence-electron chi connectivity index (χ4n) is 11.6. The van der Waals surface area contributed by atoms with Gasteiger partial charge in [0.1, 0.15) is 99.6 Å². The van der Waals surface area contributed by atoms with E-state index in [9.17, 15) is 59.7 Å². The number of amides is 4. The van der Waals surface area contributed by atoms with Crippen LogP contribution in [0.1, 0.15) is 67.7 Å². The molecular weight excluding hydrogens is 1190 g/mol. The Bertz CT molecular complexity index is 2910. The first-order valence-corrected chi connectivity index (χ1v) is 30.6. The van der Waals surface area contributed by atoms with Crippen LogP contribution in [0.3, 0.4) is 0 Å². The zero-order valence-corrected chi connectivity index (χ0v) is 50.2. The first kappa shape index (κ1) is 68.4. The molecule has 0 spiro atoms. The van der Waals surface area contributed by atoms with Crippen molar-refractivity contribution < 1.29 is 112 Å². The fourth-order valence-corrected chi connectivity index (χ4v) is 11.6. The van der Waals surface area contributed by atoms with E-state index in [2.05, 4.69) is 21.3 Å². The topological polar surface area (TPSA) is 380 Å². The van der Waals surface area contributed by atoms with Crippen molar-refractivity contribution >= 4 is 30.2 Å². The highest BCUT2D eigenvalue weighted by Crippen LogP contribution is 2.44. The number of nitrogens with one attached hydrogen (secondary N) is 4. The zero-order valence-electron chi connectivity index (χ0n) is 50.2. The van der Waals surface area contributed by atoms with Gasteiger partial charge in [0.2, 0.25) is 0 Å². The minimum atomic E-state index is -1.91. The van der Waals surface area contributed by atoms with Gasteiger partial charge in [0.25, 0.3) is 0 Å². The number of rotatable bonds is 29. The highest BCUT2D eigenvalue weighted by Gasteiger charge is 2.61. The molecule has 4 saturated heterocycles. The van der Waals surface area contributed by atoms with Gasteiger partial charge in [0, 0.05) is 26.1 Å². The number of Topliss-reactive ketones (excluding diaryl/α,β-unsaturated/α-hetero) is 1. The second-order valence-electron chi connectivity index (χ2n) is 23.2. The largest absolute Gasteiger partial charge is 0.445 e. The van der Waals surface area contributed by atoms with Crippen molar-refractivity contribution in [2.24, 2.45) is 11.8 Å². The molecule has 27 nitrogen and oxygen atoms in total.